The van der Waals surface area contributed by atoms with E-state index in [1.807, 2.05) is 42.5 Å². The summed E-state index contributed by atoms with van der Waals surface area (Å²) in [4.78, 5) is 44.5. The number of hydrogen-bond acceptors (Lipinski definition) is 7. The van der Waals surface area contributed by atoms with Gasteiger partial charge in [-0.1, -0.05) is 42.5 Å². The monoisotopic (exact) mass is 461 g/mol. The third kappa shape index (κ3) is 4.02. The first-order chi connectivity index (χ1) is 16.4. The van der Waals surface area contributed by atoms with Gasteiger partial charge in [-0.15, -0.1) is 0 Å². The van der Waals surface area contributed by atoms with Gasteiger partial charge in [0.15, 0.2) is 5.78 Å². The molecule has 2 aromatic rings. The third-order valence-electron chi connectivity index (χ3n) is 6.71. The summed E-state index contributed by atoms with van der Waals surface area (Å²) in [6.45, 7) is 1.75. The van der Waals surface area contributed by atoms with Gasteiger partial charge in [0.1, 0.15) is 11.7 Å². The minimum atomic E-state index is -1.02. The topological polar surface area (TPSA) is 91.3 Å². The Balaban J connectivity index is 1.87. The fourth-order valence-electron chi connectivity index (χ4n) is 5.14. The minimum absolute atomic E-state index is 0.305. The summed E-state index contributed by atoms with van der Waals surface area (Å²) < 4.78 is 15.4. The Morgan fingerprint density at radius 2 is 1.56 bits per heavy atom. The summed E-state index contributed by atoms with van der Waals surface area (Å²) in [5.74, 6) is -3.58. The number of nitrogens with zero attached hydrogens (tertiary/aromatic N) is 1. The van der Waals surface area contributed by atoms with Gasteiger partial charge in [-0.05, 0) is 36.6 Å². The number of hydrogen-bond donors (Lipinski definition) is 0. The van der Waals surface area contributed by atoms with Crippen LogP contribution in [0.4, 0.5) is 0 Å². The second-order valence-corrected chi connectivity index (χ2v) is 8.45. The molecule has 7 nitrogen and oxygen atoms in total. The summed E-state index contributed by atoms with van der Waals surface area (Å²) in [5, 5.41) is 0. The normalized spacial score (nSPS) is 24.1. The Bertz CT molecular complexity index is 1170. The maximum atomic E-state index is 14.0. The lowest BCUT2D eigenvalue weighted by atomic mass is 9.62. The smallest absolute Gasteiger partial charge is 0.336 e. The molecule has 4 atom stereocenters. The molecule has 0 aromatic heterocycles. The van der Waals surface area contributed by atoms with Crippen molar-refractivity contribution >= 4 is 23.4 Å². The largest absolute Gasteiger partial charge is 0.497 e. The highest BCUT2D eigenvalue weighted by molar-refractivity contribution is 6.17. The van der Waals surface area contributed by atoms with E-state index in [2.05, 4.69) is 0 Å². The van der Waals surface area contributed by atoms with Gasteiger partial charge in [-0.2, -0.15) is 0 Å². The van der Waals surface area contributed by atoms with E-state index < -0.39 is 35.6 Å². The molecule has 1 heterocycles. The number of aliphatic imine (C=N–C) groups is 1. The van der Waals surface area contributed by atoms with Gasteiger partial charge in [0, 0.05) is 23.2 Å². The first-order valence-corrected chi connectivity index (χ1v) is 11.1. The molecule has 2 aliphatic rings. The number of carbonyl (C=O) groups excluding carboxylic acids is 3. The van der Waals surface area contributed by atoms with Gasteiger partial charge in [-0.3, -0.25) is 14.6 Å². The fraction of sp³-hybridized carbons (Fsp3) is 0.333. The summed E-state index contributed by atoms with van der Waals surface area (Å²) in [5.41, 5.74) is 3.12. The van der Waals surface area contributed by atoms with Crippen LogP contribution in [0.5, 0.6) is 5.75 Å². The van der Waals surface area contributed by atoms with Crippen molar-refractivity contribution in [2.45, 2.75) is 25.2 Å². The average molecular weight is 462 g/mol. The first-order valence-electron chi connectivity index (χ1n) is 11.1. The number of rotatable bonds is 5. The summed E-state index contributed by atoms with van der Waals surface area (Å²) in [6.07, 6.45) is 0.387. The molecule has 34 heavy (non-hydrogen) atoms. The SMILES string of the molecule is COC(=O)C1=C(C)N=C2CC(c3ccc(OC)cc3)C(C(=O)OC)C(=O)C2C1c1ccccc1. The van der Waals surface area contributed by atoms with Crippen molar-refractivity contribution in [1.29, 1.82) is 0 Å². The Hall–Kier alpha value is -3.74. The molecule has 2 aromatic carbocycles. The molecule has 1 saturated carbocycles. The molecule has 7 heteroatoms. The van der Waals surface area contributed by atoms with Crippen LogP contribution in [0.3, 0.4) is 0 Å². The zero-order valence-corrected chi connectivity index (χ0v) is 19.6. The molecule has 4 unspecified atom stereocenters. The van der Waals surface area contributed by atoms with E-state index in [0.29, 0.717) is 29.2 Å². The van der Waals surface area contributed by atoms with Crippen LogP contribution in [-0.4, -0.2) is 44.8 Å². The zero-order valence-electron chi connectivity index (χ0n) is 19.6. The van der Waals surface area contributed by atoms with Gasteiger partial charge < -0.3 is 14.2 Å². The molecule has 0 N–H and O–H groups in total. The molecule has 0 amide bonds. The van der Waals surface area contributed by atoms with Crippen molar-refractivity contribution in [2.24, 2.45) is 16.8 Å². The molecule has 0 radical (unpaired) electrons. The highest BCUT2D eigenvalue weighted by Gasteiger charge is 2.52. The van der Waals surface area contributed by atoms with Crippen LogP contribution in [0.25, 0.3) is 0 Å². The van der Waals surface area contributed by atoms with E-state index in [4.69, 9.17) is 19.2 Å². The number of Topliss-reactive ketones (excluding diaryl/α,β-unsaturated/α-hetero) is 1. The highest BCUT2D eigenvalue weighted by atomic mass is 16.5. The molecule has 0 saturated heterocycles. The van der Waals surface area contributed by atoms with Crippen LogP contribution in [0.15, 0.2) is 70.9 Å². The van der Waals surface area contributed by atoms with Crippen LogP contribution in [0.2, 0.25) is 0 Å². The number of allylic oxidation sites excluding steroid dienone is 1. The molecule has 176 valence electrons. The Kier molecular flexibility index (Phi) is 6.63. The van der Waals surface area contributed by atoms with E-state index in [0.717, 1.165) is 11.1 Å². The summed E-state index contributed by atoms with van der Waals surface area (Å²) in [6, 6.07) is 16.6. The number of ether oxygens (including phenoxy) is 3. The van der Waals surface area contributed by atoms with Crippen molar-refractivity contribution < 1.29 is 28.6 Å². The standard InChI is InChI=1S/C27H27NO6/c1-15-21(26(30)33-3)22(17-8-6-5-7-9-17)24-20(28-15)14-19(23(25(24)29)27(31)34-4)16-10-12-18(32-2)13-11-16/h5-13,19,22-24H,14H2,1-4H3. The van der Waals surface area contributed by atoms with Crippen LogP contribution in [-0.2, 0) is 23.9 Å². The number of methoxy groups -OCH3 is 3. The van der Waals surface area contributed by atoms with Crippen LogP contribution in [0.1, 0.15) is 36.3 Å². The third-order valence-corrected chi connectivity index (χ3v) is 6.71. The fourth-order valence-corrected chi connectivity index (χ4v) is 5.14. The van der Waals surface area contributed by atoms with Crippen LogP contribution >= 0.6 is 0 Å². The molecule has 1 fully saturated rings. The van der Waals surface area contributed by atoms with Gasteiger partial charge >= 0.3 is 11.9 Å². The minimum Gasteiger partial charge on any atom is -0.497 e. The van der Waals surface area contributed by atoms with E-state index >= 15 is 0 Å². The van der Waals surface area contributed by atoms with Gasteiger partial charge in [0.2, 0.25) is 0 Å². The Labute approximate surface area is 198 Å². The average Bonchev–Trinajstić information content (AvgIpc) is 2.87. The number of carbonyl (C=O) groups is 3. The van der Waals surface area contributed by atoms with Crippen molar-refractivity contribution in [3.8, 4) is 5.75 Å². The molecule has 1 aliphatic heterocycles. The zero-order chi connectivity index (χ0) is 24.4. The van der Waals surface area contributed by atoms with Gasteiger partial charge in [0.05, 0.1) is 32.8 Å². The number of esters is 2. The van der Waals surface area contributed by atoms with Crippen molar-refractivity contribution in [2.75, 3.05) is 21.3 Å². The Morgan fingerprint density at radius 3 is 2.15 bits per heavy atom. The molecule has 4 rings (SSSR count). The lowest BCUT2D eigenvalue weighted by molar-refractivity contribution is -0.151. The van der Waals surface area contributed by atoms with Crippen LogP contribution < -0.4 is 4.74 Å². The predicted octanol–water partition coefficient (Wildman–Crippen LogP) is 3.84. The predicted molar refractivity (Wildman–Crippen MR) is 126 cm³/mol. The second-order valence-electron chi connectivity index (χ2n) is 8.45. The molecular formula is C27H27NO6. The molecule has 0 spiro atoms. The lowest BCUT2D eigenvalue weighted by Crippen LogP contribution is -2.48. The summed E-state index contributed by atoms with van der Waals surface area (Å²) in [7, 11) is 4.17. The van der Waals surface area contributed by atoms with E-state index in [1.54, 1.807) is 26.2 Å². The first kappa shape index (κ1) is 23.4. The van der Waals surface area contributed by atoms with Crippen molar-refractivity contribution in [3.63, 3.8) is 0 Å². The molecule has 0 bridgehead atoms. The van der Waals surface area contributed by atoms with E-state index in [1.165, 1.54) is 14.2 Å². The maximum absolute atomic E-state index is 14.0. The number of fused-ring (bicyclic) bond motifs is 1. The highest BCUT2D eigenvalue weighted by Crippen LogP contribution is 2.48. The number of benzene rings is 2. The molecular weight excluding hydrogens is 434 g/mol. The lowest BCUT2D eigenvalue weighted by Gasteiger charge is -2.41. The van der Waals surface area contributed by atoms with E-state index in [-0.39, 0.29) is 5.78 Å². The van der Waals surface area contributed by atoms with Gasteiger partial charge in [0.25, 0.3) is 0 Å². The van der Waals surface area contributed by atoms with Crippen LogP contribution in [0, 0.1) is 11.8 Å². The quantitative estimate of drug-likeness (QED) is 0.496. The maximum Gasteiger partial charge on any atom is 0.336 e. The van der Waals surface area contributed by atoms with Crippen molar-refractivity contribution in [1.82, 2.24) is 0 Å². The molecule has 1 aliphatic carbocycles. The number of ketones is 1. The summed E-state index contributed by atoms with van der Waals surface area (Å²) >= 11 is 0. The Morgan fingerprint density at radius 1 is 0.882 bits per heavy atom. The second kappa shape index (κ2) is 9.63. The van der Waals surface area contributed by atoms with Crippen molar-refractivity contribution in [3.05, 3.63) is 77.0 Å². The van der Waals surface area contributed by atoms with Gasteiger partial charge in [-0.25, -0.2) is 4.79 Å². The van der Waals surface area contributed by atoms with E-state index in [9.17, 15) is 14.4 Å².